The van der Waals surface area contributed by atoms with Crippen LogP contribution < -0.4 is 10.6 Å². The number of rotatable bonds is 3. The van der Waals surface area contributed by atoms with E-state index in [2.05, 4.69) is 20.6 Å². The average Bonchev–Trinajstić information content (AvgIpc) is 2.47. The van der Waals surface area contributed by atoms with Gasteiger partial charge in [0.05, 0.1) is 5.52 Å². The Kier molecular flexibility index (Phi) is 3.49. The predicted octanol–water partition coefficient (Wildman–Crippen LogP) is 3.42. The van der Waals surface area contributed by atoms with Gasteiger partial charge >= 0.3 is 0 Å². The van der Waals surface area contributed by atoms with Crippen LogP contribution in [0.3, 0.4) is 0 Å². The van der Waals surface area contributed by atoms with Crippen LogP contribution in [-0.2, 0) is 0 Å². The average molecular weight is 256 g/mol. The molecule has 100 valence electrons. The number of nitrogens with zero attached hydrogens (tertiary/aromatic N) is 2. The minimum Gasteiger partial charge on any atom is -0.372 e. The van der Waals surface area contributed by atoms with Gasteiger partial charge in [0.15, 0.2) is 0 Å². The van der Waals surface area contributed by atoms with Gasteiger partial charge in [-0.25, -0.2) is 4.98 Å². The van der Waals surface area contributed by atoms with E-state index in [4.69, 9.17) is 0 Å². The fourth-order valence-corrected chi connectivity index (χ4v) is 2.76. The monoisotopic (exact) mass is 256 g/mol. The molecule has 1 aliphatic carbocycles. The molecule has 4 heteroatoms. The van der Waals surface area contributed by atoms with E-state index >= 15 is 0 Å². The van der Waals surface area contributed by atoms with E-state index in [1.807, 2.05) is 31.3 Å². The molecule has 0 saturated heterocycles. The first-order chi connectivity index (χ1) is 9.36. The number of aromatic nitrogens is 2. The number of anilines is 2. The fourth-order valence-electron chi connectivity index (χ4n) is 2.76. The van der Waals surface area contributed by atoms with Gasteiger partial charge in [0.1, 0.15) is 5.82 Å². The van der Waals surface area contributed by atoms with Gasteiger partial charge in [-0.2, -0.15) is 4.98 Å². The highest BCUT2D eigenvalue weighted by molar-refractivity contribution is 5.89. The van der Waals surface area contributed by atoms with Crippen molar-refractivity contribution in [2.24, 2.45) is 0 Å². The Morgan fingerprint density at radius 2 is 1.84 bits per heavy atom. The molecule has 1 fully saturated rings. The summed E-state index contributed by atoms with van der Waals surface area (Å²) < 4.78 is 0. The quantitative estimate of drug-likeness (QED) is 0.883. The maximum absolute atomic E-state index is 4.62. The zero-order valence-electron chi connectivity index (χ0n) is 11.3. The molecular weight excluding hydrogens is 236 g/mol. The van der Waals surface area contributed by atoms with Gasteiger partial charge < -0.3 is 10.6 Å². The Hall–Kier alpha value is -1.84. The number of fused-ring (bicyclic) bond motifs is 1. The Bertz CT molecular complexity index is 561. The van der Waals surface area contributed by atoms with E-state index in [1.165, 1.54) is 32.1 Å². The first-order valence-corrected chi connectivity index (χ1v) is 7.08. The van der Waals surface area contributed by atoms with Gasteiger partial charge in [-0.1, -0.05) is 31.4 Å². The predicted molar refractivity (Wildman–Crippen MR) is 79.6 cm³/mol. The summed E-state index contributed by atoms with van der Waals surface area (Å²) in [5, 5.41) is 7.71. The van der Waals surface area contributed by atoms with E-state index in [1.54, 1.807) is 0 Å². The molecule has 0 spiro atoms. The first-order valence-electron chi connectivity index (χ1n) is 7.08. The second kappa shape index (κ2) is 5.43. The van der Waals surface area contributed by atoms with E-state index in [9.17, 15) is 0 Å². The van der Waals surface area contributed by atoms with Crippen LogP contribution in [0.2, 0.25) is 0 Å². The normalized spacial score (nSPS) is 16.5. The number of nitrogens with one attached hydrogen (secondary N) is 2. The molecule has 4 nitrogen and oxygen atoms in total. The van der Waals surface area contributed by atoms with Crippen molar-refractivity contribution in [3.8, 4) is 0 Å². The maximum Gasteiger partial charge on any atom is 0.225 e. The molecular formula is C15H20N4. The first kappa shape index (κ1) is 12.2. The topological polar surface area (TPSA) is 49.8 Å². The lowest BCUT2D eigenvalue weighted by Crippen LogP contribution is -2.23. The molecule has 1 aliphatic rings. The van der Waals surface area contributed by atoms with Gasteiger partial charge in [-0.15, -0.1) is 0 Å². The molecule has 0 aliphatic heterocycles. The second-order valence-electron chi connectivity index (χ2n) is 5.14. The van der Waals surface area contributed by atoms with Crippen LogP contribution >= 0.6 is 0 Å². The van der Waals surface area contributed by atoms with Gasteiger partial charge in [-0.3, -0.25) is 0 Å². The molecule has 2 aromatic rings. The molecule has 19 heavy (non-hydrogen) atoms. The van der Waals surface area contributed by atoms with Crippen LogP contribution in [-0.4, -0.2) is 23.1 Å². The SMILES string of the molecule is CNc1nc(NC2CCCCC2)nc2ccccc12. The van der Waals surface area contributed by atoms with Gasteiger partial charge in [0.2, 0.25) is 5.95 Å². The van der Waals surface area contributed by atoms with Crippen molar-refractivity contribution in [1.29, 1.82) is 0 Å². The molecule has 3 rings (SSSR count). The highest BCUT2D eigenvalue weighted by Crippen LogP contribution is 2.24. The Morgan fingerprint density at radius 3 is 2.63 bits per heavy atom. The maximum atomic E-state index is 4.62. The Labute approximate surface area is 113 Å². The minimum atomic E-state index is 0.527. The molecule has 0 atom stereocenters. The fraction of sp³-hybridized carbons (Fsp3) is 0.467. The van der Waals surface area contributed by atoms with E-state index < -0.39 is 0 Å². The summed E-state index contributed by atoms with van der Waals surface area (Å²) in [5.41, 5.74) is 0.986. The summed E-state index contributed by atoms with van der Waals surface area (Å²) in [6.45, 7) is 0. The third-order valence-electron chi connectivity index (χ3n) is 3.78. The van der Waals surface area contributed by atoms with Crippen LogP contribution in [0.25, 0.3) is 10.9 Å². The third-order valence-corrected chi connectivity index (χ3v) is 3.78. The Morgan fingerprint density at radius 1 is 1.05 bits per heavy atom. The van der Waals surface area contributed by atoms with E-state index in [0.29, 0.717) is 6.04 Å². The van der Waals surface area contributed by atoms with Crippen molar-refractivity contribution in [1.82, 2.24) is 9.97 Å². The van der Waals surface area contributed by atoms with Gasteiger partial charge in [0.25, 0.3) is 0 Å². The molecule has 1 aromatic carbocycles. The molecule has 1 heterocycles. The molecule has 1 saturated carbocycles. The molecule has 0 bridgehead atoms. The summed E-state index contributed by atoms with van der Waals surface area (Å²) in [6, 6.07) is 8.63. The lowest BCUT2D eigenvalue weighted by atomic mass is 9.96. The van der Waals surface area contributed by atoms with Crippen molar-refractivity contribution in [3.63, 3.8) is 0 Å². The smallest absolute Gasteiger partial charge is 0.225 e. The van der Waals surface area contributed by atoms with Crippen LogP contribution in [0.15, 0.2) is 24.3 Å². The number of hydrogen-bond donors (Lipinski definition) is 2. The summed E-state index contributed by atoms with van der Waals surface area (Å²) >= 11 is 0. The standard InChI is InChI=1S/C15H20N4/c1-16-14-12-9-5-6-10-13(12)18-15(19-14)17-11-7-3-2-4-8-11/h5-6,9-11H,2-4,7-8H2,1H3,(H2,16,17,18,19). The van der Waals surface area contributed by atoms with Crippen molar-refractivity contribution in [3.05, 3.63) is 24.3 Å². The van der Waals surface area contributed by atoms with Gasteiger partial charge in [0, 0.05) is 18.5 Å². The highest BCUT2D eigenvalue weighted by atomic mass is 15.1. The third kappa shape index (κ3) is 2.62. The lowest BCUT2D eigenvalue weighted by molar-refractivity contribution is 0.461. The van der Waals surface area contributed by atoms with Crippen molar-refractivity contribution < 1.29 is 0 Å². The zero-order chi connectivity index (χ0) is 13.1. The molecule has 1 aromatic heterocycles. The molecule has 0 unspecified atom stereocenters. The summed E-state index contributed by atoms with van der Waals surface area (Å²) in [6.07, 6.45) is 6.43. The van der Waals surface area contributed by atoms with Crippen LogP contribution in [0.4, 0.5) is 11.8 Å². The molecule has 0 amide bonds. The lowest BCUT2D eigenvalue weighted by Gasteiger charge is -2.23. The van der Waals surface area contributed by atoms with Crippen molar-refractivity contribution >= 4 is 22.7 Å². The highest BCUT2D eigenvalue weighted by Gasteiger charge is 2.15. The van der Waals surface area contributed by atoms with Crippen molar-refractivity contribution in [2.45, 2.75) is 38.1 Å². The van der Waals surface area contributed by atoms with Crippen LogP contribution in [0.5, 0.6) is 0 Å². The minimum absolute atomic E-state index is 0.527. The van der Waals surface area contributed by atoms with E-state index in [-0.39, 0.29) is 0 Å². The number of hydrogen-bond acceptors (Lipinski definition) is 4. The van der Waals surface area contributed by atoms with Gasteiger partial charge in [-0.05, 0) is 25.0 Å². The van der Waals surface area contributed by atoms with Crippen LogP contribution in [0, 0.1) is 0 Å². The largest absolute Gasteiger partial charge is 0.372 e. The van der Waals surface area contributed by atoms with Crippen LogP contribution in [0.1, 0.15) is 32.1 Å². The summed E-state index contributed by atoms with van der Waals surface area (Å²) in [5.74, 6) is 1.64. The summed E-state index contributed by atoms with van der Waals surface area (Å²) in [4.78, 5) is 9.20. The Balaban J connectivity index is 1.90. The van der Waals surface area contributed by atoms with E-state index in [0.717, 1.165) is 22.7 Å². The number of para-hydroxylation sites is 1. The number of benzene rings is 1. The molecule has 2 N–H and O–H groups in total. The zero-order valence-corrected chi connectivity index (χ0v) is 11.3. The molecule has 0 radical (unpaired) electrons. The summed E-state index contributed by atoms with van der Waals surface area (Å²) in [7, 11) is 1.90. The second-order valence-corrected chi connectivity index (χ2v) is 5.14. The van der Waals surface area contributed by atoms with Crippen molar-refractivity contribution in [2.75, 3.05) is 17.7 Å².